The summed E-state index contributed by atoms with van der Waals surface area (Å²) in [4.78, 5) is 43.9. The molecule has 1 aromatic rings. The Morgan fingerprint density at radius 2 is 2.00 bits per heavy atom. The first kappa shape index (κ1) is 18.8. The summed E-state index contributed by atoms with van der Waals surface area (Å²) in [7, 11) is 0. The topological polar surface area (TPSA) is 185 Å². The second kappa shape index (κ2) is 8.43. The molecule has 0 bridgehead atoms. The summed E-state index contributed by atoms with van der Waals surface area (Å²) in [6.45, 7) is -1.04. The van der Waals surface area contributed by atoms with E-state index in [1.165, 1.54) is 6.07 Å². The summed E-state index contributed by atoms with van der Waals surface area (Å²) >= 11 is 0. The highest BCUT2D eigenvalue weighted by molar-refractivity contribution is 5.90. The molecule has 0 heterocycles. The maximum Gasteiger partial charge on any atom is 0.322 e. The Bertz CT molecular complexity index is 662. The molecule has 0 spiro atoms. The van der Waals surface area contributed by atoms with E-state index >= 15 is 0 Å². The molecule has 0 aliphatic carbocycles. The highest BCUT2D eigenvalue weighted by atomic mass is 16.6. The van der Waals surface area contributed by atoms with Gasteiger partial charge >= 0.3 is 11.7 Å². The van der Waals surface area contributed by atoms with Crippen molar-refractivity contribution in [1.29, 1.82) is 0 Å². The lowest BCUT2D eigenvalue weighted by Crippen LogP contribution is -2.50. The van der Waals surface area contributed by atoms with Crippen molar-refractivity contribution >= 4 is 23.5 Å². The maximum atomic E-state index is 12.0. The van der Waals surface area contributed by atoms with Crippen LogP contribution in [0.15, 0.2) is 18.2 Å². The normalized spacial score (nSPS) is 11.4. The van der Waals surface area contributed by atoms with E-state index in [2.05, 4.69) is 10.6 Å². The molecule has 0 saturated carbocycles. The van der Waals surface area contributed by atoms with Gasteiger partial charge in [0.2, 0.25) is 11.8 Å². The van der Waals surface area contributed by atoms with E-state index in [1.807, 2.05) is 0 Å². The van der Waals surface area contributed by atoms with Gasteiger partial charge < -0.3 is 26.6 Å². The number of aromatic hydroxyl groups is 1. The Balaban J connectivity index is 2.97. The van der Waals surface area contributed by atoms with E-state index in [0.29, 0.717) is 0 Å². The fourth-order valence-electron chi connectivity index (χ4n) is 1.83. The van der Waals surface area contributed by atoms with E-state index in [1.54, 1.807) is 0 Å². The van der Waals surface area contributed by atoms with Gasteiger partial charge in [-0.2, -0.15) is 0 Å². The minimum atomic E-state index is -1.27. The molecule has 24 heavy (non-hydrogen) atoms. The molecule has 0 aromatic heterocycles. The zero-order valence-corrected chi connectivity index (χ0v) is 12.4. The number of carbonyl (C=O) groups is 3. The van der Waals surface area contributed by atoms with E-state index < -0.39 is 53.3 Å². The van der Waals surface area contributed by atoms with Crippen LogP contribution in [0.3, 0.4) is 0 Å². The van der Waals surface area contributed by atoms with Crippen LogP contribution in [-0.4, -0.2) is 52.1 Å². The number of hydrogen-bond donors (Lipinski definition) is 5. The van der Waals surface area contributed by atoms with Crippen molar-refractivity contribution in [2.24, 2.45) is 5.73 Å². The van der Waals surface area contributed by atoms with Crippen LogP contribution in [0.25, 0.3) is 0 Å². The summed E-state index contributed by atoms with van der Waals surface area (Å²) < 4.78 is 0. The number of amides is 2. The second-order valence-corrected chi connectivity index (χ2v) is 4.72. The Morgan fingerprint density at radius 3 is 2.54 bits per heavy atom. The Morgan fingerprint density at radius 1 is 1.33 bits per heavy atom. The molecule has 1 rings (SSSR count). The SMILES string of the molecule is NCC(=O)N[C@@H](Cc1ccc(O)c([N+](=O)[O-])c1)C(=O)NCC(=O)O. The van der Waals surface area contributed by atoms with Crippen molar-refractivity contribution in [2.45, 2.75) is 12.5 Å². The molecule has 0 aliphatic heterocycles. The highest BCUT2D eigenvalue weighted by Crippen LogP contribution is 2.26. The number of phenols is 1. The summed E-state index contributed by atoms with van der Waals surface area (Å²) in [5, 5.41) is 33.2. The molecule has 0 radical (unpaired) electrons. The van der Waals surface area contributed by atoms with Crippen LogP contribution < -0.4 is 16.4 Å². The fraction of sp³-hybridized carbons (Fsp3) is 0.308. The molecule has 2 amide bonds. The van der Waals surface area contributed by atoms with Gasteiger partial charge in [-0.15, -0.1) is 0 Å². The summed E-state index contributed by atoms with van der Waals surface area (Å²) in [6.07, 6.45) is -0.154. The number of nitro groups is 1. The van der Waals surface area contributed by atoms with Gasteiger partial charge in [0.05, 0.1) is 11.5 Å². The van der Waals surface area contributed by atoms with Gasteiger partial charge in [0.1, 0.15) is 12.6 Å². The van der Waals surface area contributed by atoms with Crippen molar-refractivity contribution in [1.82, 2.24) is 10.6 Å². The number of nitrogens with one attached hydrogen (secondary N) is 2. The third-order valence-corrected chi connectivity index (χ3v) is 2.93. The maximum absolute atomic E-state index is 12.0. The number of nitrogens with two attached hydrogens (primary N) is 1. The average Bonchev–Trinajstić information content (AvgIpc) is 2.53. The number of phenolic OH excluding ortho intramolecular Hbond substituents is 1. The molecule has 1 aromatic carbocycles. The largest absolute Gasteiger partial charge is 0.502 e. The molecular weight excluding hydrogens is 324 g/mol. The summed E-state index contributed by atoms with van der Waals surface area (Å²) in [5.41, 5.74) is 4.89. The minimum absolute atomic E-state index is 0.154. The number of nitro benzene ring substituents is 1. The average molecular weight is 340 g/mol. The van der Waals surface area contributed by atoms with E-state index in [4.69, 9.17) is 10.8 Å². The van der Waals surface area contributed by atoms with Crippen molar-refractivity contribution in [3.63, 3.8) is 0 Å². The molecular formula is C13H16N4O7. The van der Waals surface area contributed by atoms with Crippen molar-refractivity contribution in [3.05, 3.63) is 33.9 Å². The Labute approximate surface area is 135 Å². The summed E-state index contributed by atoms with van der Waals surface area (Å²) in [6, 6.07) is 2.31. The van der Waals surface area contributed by atoms with Crippen LogP contribution >= 0.6 is 0 Å². The number of hydrogen-bond acceptors (Lipinski definition) is 7. The first-order chi connectivity index (χ1) is 11.2. The Hall–Kier alpha value is -3.21. The monoisotopic (exact) mass is 340 g/mol. The highest BCUT2D eigenvalue weighted by Gasteiger charge is 2.23. The molecule has 11 nitrogen and oxygen atoms in total. The third kappa shape index (κ3) is 5.53. The predicted octanol–water partition coefficient (Wildman–Crippen LogP) is -1.51. The Kier molecular flexibility index (Phi) is 6.62. The number of nitrogens with zero attached hydrogens (tertiary/aromatic N) is 1. The zero-order chi connectivity index (χ0) is 18.3. The lowest BCUT2D eigenvalue weighted by atomic mass is 10.0. The summed E-state index contributed by atoms with van der Waals surface area (Å²) in [5.74, 6) is -3.25. The van der Waals surface area contributed by atoms with Crippen LogP contribution in [0.5, 0.6) is 5.75 Å². The molecule has 11 heteroatoms. The smallest absolute Gasteiger partial charge is 0.322 e. The predicted molar refractivity (Wildman–Crippen MR) is 80.1 cm³/mol. The number of carboxylic acids is 1. The van der Waals surface area contributed by atoms with Gasteiger partial charge in [-0.05, 0) is 11.6 Å². The zero-order valence-electron chi connectivity index (χ0n) is 12.4. The molecule has 130 valence electrons. The molecule has 0 fully saturated rings. The molecule has 0 aliphatic rings. The fourth-order valence-corrected chi connectivity index (χ4v) is 1.83. The number of carboxylic acid groups (broad SMARTS) is 1. The molecule has 1 atom stereocenters. The minimum Gasteiger partial charge on any atom is -0.502 e. The van der Waals surface area contributed by atoms with E-state index in [-0.39, 0.29) is 12.0 Å². The van der Waals surface area contributed by atoms with E-state index in [9.17, 15) is 29.6 Å². The van der Waals surface area contributed by atoms with Gasteiger partial charge in [-0.3, -0.25) is 24.5 Å². The first-order valence-electron chi connectivity index (χ1n) is 6.69. The first-order valence-corrected chi connectivity index (χ1v) is 6.69. The standard InChI is InChI=1S/C13H16N4O7/c14-5-11(19)16-8(13(22)15-6-12(20)21)3-7-1-2-10(18)9(4-7)17(23)24/h1-2,4,8,18H,3,5-6,14H2,(H,15,22)(H,16,19)(H,20,21)/t8-/m0/s1. The lowest BCUT2D eigenvalue weighted by molar-refractivity contribution is -0.385. The van der Waals surface area contributed by atoms with Crippen LogP contribution in [0, 0.1) is 10.1 Å². The number of rotatable bonds is 8. The van der Waals surface area contributed by atoms with Crippen molar-refractivity contribution < 1.29 is 29.5 Å². The molecule has 0 unspecified atom stereocenters. The van der Waals surface area contributed by atoms with Crippen LogP contribution in [0.2, 0.25) is 0 Å². The van der Waals surface area contributed by atoms with Gasteiger partial charge in [-0.25, -0.2) is 0 Å². The van der Waals surface area contributed by atoms with Crippen LogP contribution in [0.1, 0.15) is 5.56 Å². The van der Waals surface area contributed by atoms with Gasteiger partial charge in [0.15, 0.2) is 5.75 Å². The number of benzene rings is 1. The van der Waals surface area contributed by atoms with Crippen molar-refractivity contribution in [3.8, 4) is 5.75 Å². The van der Waals surface area contributed by atoms with Crippen LogP contribution in [0.4, 0.5) is 5.69 Å². The molecule has 0 saturated heterocycles. The van der Waals surface area contributed by atoms with Crippen LogP contribution in [-0.2, 0) is 20.8 Å². The van der Waals surface area contributed by atoms with Gasteiger partial charge in [0.25, 0.3) is 0 Å². The number of carbonyl (C=O) groups excluding carboxylic acids is 2. The third-order valence-electron chi connectivity index (χ3n) is 2.93. The number of aliphatic carboxylic acids is 1. The van der Waals surface area contributed by atoms with E-state index in [0.717, 1.165) is 12.1 Å². The van der Waals surface area contributed by atoms with Gasteiger partial charge in [-0.1, -0.05) is 6.07 Å². The molecule has 6 N–H and O–H groups in total. The van der Waals surface area contributed by atoms with Crippen molar-refractivity contribution in [2.75, 3.05) is 13.1 Å². The second-order valence-electron chi connectivity index (χ2n) is 4.72. The quantitative estimate of drug-likeness (QED) is 0.279. The lowest BCUT2D eigenvalue weighted by Gasteiger charge is -2.17. The van der Waals surface area contributed by atoms with Gasteiger partial charge in [0, 0.05) is 12.5 Å².